The molecule has 3 aromatic carbocycles. The summed E-state index contributed by atoms with van der Waals surface area (Å²) in [6, 6.07) is 25.4. The maximum atomic E-state index is 13.4. The Hall–Kier alpha value is -3.12. The first kappa shape index (κ1) is 23.5. The average molecular weight is 451 g/mol. The van der Waals surface area contributed by atoms with E-state index in [0.717, 1.165) is 17.5 Å². The van der Waals surface area contributed by atoms with Crippen LogP contribution in [0.1, 0.15) is 31.9 Å². The van der Waals surface area contributed by atoms with E-state index < -0.39 is 15.6 Å². The van der Waals surface area contributed by atoms with Gasteiger partial charge in [-0.2, -0.15) is 0 Å². The van der Waals surface area contributed by atoms with Crippen molar-refractivity contribution in [2.45, 2.75) is 44.0 Å². The molecular weight excluding hydrogens is 420 g/mol. The molecule has 0 aliphatic carbocycles. The Morgan fingerprint density at radius 1 is 0.844 bits per heavy atom. The van der Waals surface area contributed by atoms with Crippen LogP contribution in [0.5, 0.6) is 0 Å². The Kier molecular flexibility index (Phi) is 7.36. The highest BCUT2D eigenvalue weighted by atomic mass is 32.2. The highest BCUT2D eigenvalue weighted by molar-refractivity contribution is 7.92. The van der Waals surface area contributed by atoms with Crippen molar-refractivity contribution in [3.8, 4) is 0 Å². The molecule has 5 nitrogen and oxygen atoms in total. The number of amides is 1. The summed E-state index contributed by atoms with van der Waals surface area (Å²) in [5, 5.41) is 3.01. The predicted molar refractivity (Wildman–Crippen MR) is 129 cm³/mol. The van der Waals surface area contributed by atoms with Crippen molar-refractivity contribution in [3.63, 3.8) is 0 Å². The molecule has 0 fully saturated rings. The highest BCUT2D eigenvalue weighted by Gasteiger charge is 2.29. The Balaban J connectivity index is 1.85. The molecule has 0 heterocycles. The second-order valence-electron chi connectivity index (χ2n) is 8.44. The van der Waals surface area contributed by atoms with E-state index >= 15 is 0 Å². The van der Waals surface area contributed by atoms with Crippen LogP contribution in [0.2, 0.25) is 0 Å². The van der Waals surface area contributed by atoms with E-state index in [-0.39, 0.29) is 17.3 Å². The monoisotopic (exact) mass is 450 g/mol. The number of nitrogens with zero attached hydrogens (tertiary/aromatic N) is 1. The number of nitrogens with one attached hydrogen (secondary N) is 1. The zero-order chi connectivity index (χ0) is 23.2. The fourth-order valence-corrected chi connectivity index (χ4v) is 5.07. The van der Waals surface area contributed by atoms with Crippen molar-refractivity contribution < 1.29 is 13.2 Å². The van der Waals surface area contributed by atoms with Crippen LogP contribution in [0.15, 0.2) is 89.8 Å². The molecule has 0 aromatic heterocycles. The number of hydrogen-bond donors (Lipinski definition) is 1. The van der Waals surface area contributed by atoms with Gasteiger partial charge in [0.25, 0.3) is 10.0 Å². The van der Waals surface area contributed by atoms with Gasteiger partial charge in [-0.3, -0.25) is 9.10 Å². The van der Waals surface area contributed by atoms with E-state index in [1.54, 1.807) is 42.5 Å². The molecular formula is C26H30N2O3S. The maximum absolute atomic E-state index is 13.4. The number of aryl methyl sites for hydroxylation is 1. The molecule has 0 bridgehead atoms. The Bertz CT molecular complexity index is 1130. The first-order valence-electron chi connectivity index (χ1n) is 10.7. The van der Waals surface area contributed by atoms with Crippen molar-refractivity contribution >= 4 is 21.6 Å². The third kappa shape index (κ3) is 5.98. The first-order valence-corrected chi connectivity index (χ1v) is 12.2. The zero-order valence-corrected chi connectivity index (χ0v) is 19.6. The lowest BCUT2D eigenvalue weighted by molar-refractivity contribution is -0.121. The molecule has 0 saturated carbocycles. The molecule has 32 heavy (non-hydrogen) atoms. The summed E-state index contributed by atoms with van der Waals surface area (Å²) in [7, 11) is -3.91. The second kappa shape index (κ2) is 10.0. The summed E-state index contributed by atoms with van der Waals surface area (Å²) >= 11 is 0. The van der Waals surface area contributed by atoms with Crippen molar-refractivity contribution in [1.82, 2.24) is 5.32 Å². The molecule has 0 unspecified atom stereocenters. The lowest BCUT2D eigenvalue weighted by Crippen LogP contribution is -2.50. The van der Waals surface area contributed by atoms with E-state index in [9.17, 15) is 13.2 Å². The van der Waals surface area contributed by atoms with Gasteiger partial charge in [0.2, 0.25) is 5.91 Å². The van der Waals surface area contributed by atoms with Gasteiger partial charge in [0, 0.05) is 5.54 Å². The van der Waals surface area contributed by atoms with Crippen LogP contribution in [0, 0.1) is 0 Å². The number of carbonyl (C=O) groups excluding carboxylic acids is 1. The minimum Gasteiger partial charge on any atom is -0.349 e. The molecule has 3 aromatic rings. The van der Waals surface area contributed by atoms with Gasteiger partial charge in [-0.05, 0) is 62.1 Å². The third-order valence-electron chi connectivity index (χ3n) is 5.22. The lowest BCUT2D eigenvalue weighted by atomic mass is 9.95. The summed E-state index contributed by atoms with van der Waals surface area (Å²) in [4.78, 5) is 13.2. The number of hydrogen-bond acceptors (Lipinski definition) is 3. The third-order valence-corrected chi connectivity index (χ3v) is 7.01. The second-order valence-corrected chi connectivity index (χ2v) is 10.3. The summed E-state index contributed by atoms with van der Waals surface area (Å²) in [6.07, 6.45) is 1.48. The van der Waals surface area contributed by atoms with Crippen LogP contribution >= 0.6 is 0 Å². The van der Waals surface area contributed by atoms with Gasteiger partial charge < -0.3 is 5.32 Å². The fraction of sp³-hybridized carbons (Fsp3) is 0.269. The Morgan fingerprint density at radius 3 is 1.97 bits per heavy atom. The molecule has 0 saturated heterocycles. The first-order chi connectivity index (χ1) is 15.2. The summed E-state index contributed by atoms with van der Waals surface area (Å²) in [5.74, 6) is -0.356. The van der Waals surface area contributed by atoms with Crippen LogP contribution < -0.4 is 9.62 Å². The fourth-order valence-electron chi connectivity index (χ4n) is 3.63. The van der Waals surface area contributed by atoms with E-state index in [2.05, 4.69) is 5.32 Å². The van der Waals surface area contributed by atoms with Crippen molar-refractivity contribution in [2.24, 2.45) is 0 Å². The van der Waals surface area contributed by atoms with E-state index in [0.29, 0.717) is 12.1 Å². The average Bonchev–Trinajstić information content (AvgIpc) is 2.78. The van der Waals surface area contributed by atoms with Gasteiger partial charge in [-0.1, -0.05) is 67.6 Å². The summed E-state index contributed by atoms with van der Waals surface area (Å²) in [5.41, 5.74) is 2.12. The summed E-state index contributed by atoms with van der Waals surface area (Å²) < 4.78 is 28.0. The predicted octanol–water partition coefficient (Wildman–Crippen LogP) is 4.58. The Morgan fingerprint density at radius 2 is 1.41 bits per heavy atom. The SMILES string of the molecule is CCc1ccc(N(CC(=O)NC(C)(C)Cc2ccccc2)S(=O)(=O)c2ccccc2)cc1. The highest BCUT2D eigenvalue weighted by Crippen LogP contribution is 2.24. The number of sulfonamides is 1. The van der Waals surface area contributed by atoms with Crippen LogP contribution in [0.4, 0.5) is 5.69 Å². The Labute approximate surface area is 191 Å². The van der Waals surface area contributed by atoms with Gasteiger partial charge in [-0.15, -0.1) is 0 Å². The molecule has 0 aliphatic rings. The van der Waals surface area contributed by atoms with Crippen molar-refractivity contribution in [2.75, 3.05) is 10.8 Å². The smallest absolute Gasteiger partial charge is 0.264 e. The van der Waals surface area contributed by atoms with Gasteiger partial charge >= 0.3 is 0 Å². The molecule has 0 aliphatic heterocycles. The van der Waals surface area contributed by atoms with Crippen LogP contribution in [-0.2, 0) is 27.7 Å². The number of anilines is 1. The minimum absolute atomic E-state index is 0.149. The molecule has 6 heteroatoms. The minimum atomic E-state index is -3.91. The van der Waals surface area contributed by atoms with Gasteiger partial charge in [-0.25, -0.2) is 8.42 Å². The van der Waals surface area contributed by atoms with Crippen LogP contribution in [0.25, 0.3) is 0 Å². The van der Waals surface area contributed by atoms with Crippen LogP contribution in [-0.4, -0.2) is 26.4 Å². The quantitative estimate of drug-likeness (QED) is 0.519. The van der Waals surface area contributed by atoms with Crippen LogP contribution in [0.3, 0.4) is 0 Å². The number of benzene rings is 3. The van der Waals surface area contributed by atoms with Crippen molar-refractivity contribution in [3.05, 3.63) is 96.1 Å². The lowest BCUT2D eigenvalue weighted by Gasteiger charge is -2.29. The van der Waals surface area contributed by atoms with Gasteiger partial charge in [0.15, 0.2) is 0 Å². The molecule has 168 valence electrons. The molecule has 0 radical (unpaired) electrons. The van der Waals surface area contributed by atoms with E-state index in [1.807, 2.05) is 63.2 Å². The van der Waals surface area contributed by atoms with Gasteiger partial charge in [0.05, 0.1) is 10.6 Å². The maximum Gasteiger partial charge on any atom is 0.264 e. The molecule has 1 N–H and O–H groups in total. The molecule has 1 amide bonds. The number of rotatable bonds is 9. The normalized spacial score (nSPS) is 11.7. The molecule has 3 rings (SSSR count). The molecule has 0 atom stereocenters. The van der Waals surface area contributed by atoms with Crippen molar-refractivity contribution in [1.29, 1.82) is 0 Å². The summed E-state index contributed by atoms with van der Waals surface area (Å²) in [6.45, 7) is 5.60. The van der Waals surface area contributed by atoms with E-state index in [1.165, 1.54) is 4.31 Å². The van der Waals surface area contributed by atoms with E-state index in [4.69, 9.17) is 0 Å². The molecule has 0 spiro atoms. The topological polar surface area (TPSA) is 66.5 Å². The standard InChI is InChI=1S/C26H30N2O3S/c1-4-21-15-17-23(18-16-21)28(32(30,31)24-13-9-6-10-14-24)20-25(29)27-26(2,3)19-22-11-7-5-8-12-22/h5-18H,4,19-20H2,1-3H3,(H,27,29). The largest absolute Gasteiger partial charge is 0.349 e. The number of carbonyl (C=O) groups is 1. The zero-order valence-electron chi connectivity index (χ0n) is 18.8. The van der Waals surface area contributed by atoms with Gasteiger partial charge in [0.1, 0.15) is 6.54 Å².